The van der Waals surface area contributed by atoms with Gasteiger partial charge < -0.3 is 15.3 Å². The lowest BCUT2D eigenvalue weighted by atomic mass is 9.65. The first kappa shape index (κ1) is 17.3. The Hall–Kier alpha value is -2.03. The van der Waals surface area contributed by atoms with Gasteiger partial charge in [-0.3, -0.25) is 9.59 Å². The lowest BCUT2D eigenvalue weighted by Crippen LogP contribution is -2.34. The van der Waals surface area contributed by atoms with E-state index in [9.17, 15) is 14.9 Å². The van der Waals surface area contributed by atoms with Crippen molar-refractivity contribution in [2.45, 2.75) is 52.5 Å². The van der Waals surface area contributed by atoms with Gasteiger partial charge in [-0.15, -0.1) is 0 Å². The fraction of sp³-hybridized carbons (Fsp3) is 0.706. The summed E-state index contributed by atoms with van der Waals surface area (Å²) in [7, 11) is 0. The van der Waals surface area contributed by atoms with Gasteiger partial charge in [-0.05, 0) is 30.1 Å². The number of carbonyl (C=O) groups is 2. The first-order valence-corrected chi connectivity index (χ1v) is 8.02. The predicted molar refractivity (Wildman–Crippen MR) is 85.2 cm³/mol. The molecule has 1 saturated carbocycles. The number of fused-ring (bicyclic) bond motifs is 2. The third-order valence-electron chi connectivity index (χ3n) is 4.74. The molecule has 2 rings (SSSR count). The van der Waals surface area contributed by atoms with Crippen molar-refractivity contribution in [2.75, 3.05) is 13.1 Å². The molecule has 1 aliphatic carbocycles. The van der Waals surface area contributed by atoms with Gasteiger partial charge >= 0.3 is 5.97 Å². The average Bonchev–Trinajstić information content (AvgIpc) is 2.63. The van der Waals surface area contributed by atoms with E-state index in [0.717, 1.165) is 25.8 Å². The summed E-state index contributed by atoms with van der Waals surface area (Å²) in [4.78, 5) is 24.6. The largest absolute Gasteiger partial charge is 0.481 e. The molecule has 2 bridgehead atoms. The predicted octanol–water partition coefficient (Wildman–Crippen LogP) is 1.89. The van der Waals surface area contributed by atoms with Gasteiger partial charge in [0.25, 0.3) is 5.91 Å². The zero-order valence-electron chi connectivity index (χ0n) is 14.1. The van der Waals surface area contributed by atoms with E-state index in [1.165, 1.54) is 0 Å². The van der Waals surface area contributed by atoms with Crippen LogP contribution in [0.4, 0.5) is 0 Å². The SMILES string of the molecule is CC1(C)CC2CC(C)(CN2/C=C(/C#N)C(=O)NCCC(=O)O)C1. The van der Waals surface area contributed by atoms with Crippen LogP contribution in [0.3, 0.4) is 0 Å². The summed E-state index contributed by atoms with van der Waals surface area (Å²) in [6.45, 7) is 7.70. The second kappa shape index (κ2) is 6.23. The van der Waals surface area contributed by atoms with Crippen LogP contribution in [0.15, 0.2) is 11.8 Å². The molecule has 1 amide bonds. The zero-order chi connectivity index (χ0) is 17.3. The van der Waals surface area contributed by atoms with Crippen molar-refractivity contribution in [3.05, 3.63) is 11.8 Å². The Balaban J connectivity index is 2.06. The topological polar surface area (TPSA) is 93.4 Å². The lowest BCUT2D eigenvalue weighted by molar-refractivity contribution is -0.136. The van der Waals surface area contributed by atoms with Crippen LogP contribution in [0.2, 0.25) is 0 Å². The summed E-state index contributed by atoms with van der Waals surface area (Å²) >= 11 is 0. The molecule has 2 N–H and O–H groups in total. The molecule has 0 aromatic rings. The molecule has 1 heterocycles. The fourth-order valence-corrected chi connectivity index (χ4v) is 4.34. The maximum absolute atomic E-state index is 12.0. The van der Waals surface area contributed by atoms with E-state index in [1.807, 2.05) is 6.07 Å². The van der Waals surface area contributed by atoms with Crippen LogP contribution in [0.25, 0.3) is 0 Å². The summed E-state index contributed by atoms with van der Waals surface area (Å²) in [5.74, 6) is -1.48. The number of nitrogens with zero attached hydrogens (tertiary/aromatic N) is 2. The van der Waals surface area contributed by atoms with E-state index in [-0.39, 0.29) is 29.4 Å². The maximum atomic E-state index is 12.0. The fourth-order valence-electron chi connectivity index (χ4n) is 4.34. The monoisotopic (exact) mass is 319 g/mol. The molecule has 23 heavy (non-hydrogen) atoms. The van der Waals surface area contributed by atoms with Crippen LogP contribution < -0.4 is 5.32 Å². The van der Waals surface area contributed by atoms with Gasteiger partial charge in [0.1, 0.15) is 11.6 Å². The highest BCUT2D eigenvalue weighted by atomic mass is 16.4. The third-order valence-corrected chi connectivity index (χ3v) is 4.74. The maximum Gasteiger partial charge on any atom is 0.305 e. The van der Waals surface area contributed by atoms with E-state index in [4.69, 9.17) is 5.11 Å². The highest BCUT2D eigenvalue weighted by Crippen LogP contribution is 2.52. The van der Waals surface area contributed by atoms with Gasteiger partial charge in [0.15, 0.2) is 0 Å². The normalized spacial score (nSPS) is 29.0. The minimum absolute atomic E-state index is 0.0291. The number of amides is 1. The highest BCUT2D eigenvalue weighted by molar-refractivity contribution is 5.97. The van der Waals surface area contributed by atoms with Gasteiger partial charge in [0.2, 0.25) is 0 Å². The summed E-state index contributed by atoms with van der Waals surface area (Å²) in [5.41, 5.74) is 0.546. The molecule has 1 saturated heterocycles. The first-order valence-electron chi connectivity index (χ1n) is 8.02. The minimum atomic E-state index is -0.976. The van der Waals surface area contributed by atoms with Crippen LogP contribution in [0.1, 0.15) is 46.5 Å². The number of hydrogen-bond donors (Lipinski definition) is 2. The minimum Gasteiger partial charge on any atom is -0.481 e. The molecule has 0 spiro atoms. The van der Waals surface area contributed by atoms with E-state index < -0.39 is 11.9 Å². The van der Waals surface area contributed by atoms with Crippen LogP contribution in [-0.4, -0.2) is 41.0 Å². The third kappa shape index (κ3) is 4.25. The number of hydrogen-bond acceptors (Lipinski definition) is 4. The van der Waals surface area contributed by atoms with Gasteiger partial charge in [-0.25, -0.2) is 0 Å². The van der Waals surface area contributed by atoms with Crippen LogP contribution >= 0.6 is 0 Å². The smallest absolute Gasteiger partial charge is 0.305 e. The quantitative estimate of drug-likeness (QED) is 0.596. The van der Waals surface area contributed by atoms with Crippen molar-refractivity contribution in [3.63, 3.8) is 0 Å². The number of carbonyl (C=O) groups excluding carboxylic acids is 1. The van der Waals surface area contributed by atoms with Crippen molar-refractivity contribution < 1.29 is 14.7 Å². The molecular weight excluding hydrogens is 294 g/mol. The number of likely N-dealkylation sites (tertiary alicyclic amines) is 1. The van der Waals surface area contributed by atoms with Crippen molar-refractivity contribution in [2.24, 2.45) is 10.8 Å². The number of aliphatic carboxylic acids is 1. The zero-order valence-corrected chi connectivity index (χ0v) is 14.1. The molecule has 2 aliphatic rings. The van der Waals surface area contributed by atoms with Crippen LogP contribution in [0.5, 0.6) is 0 Å². The summed E-state index contributed by atoms with van der Waals surface area (Å²) in [5, 5.41) is 20.3. The Kier molecular flexibility index (Phi) is 4.69. The van der Waals surface area contributed by atoms with Gasteiger partial charge in [0, 0.05) is 25.3 Å². The Morgan fingerprint density at radius 2 is 2.09 bits per heavy atom. The van der Waals surface area contributed by atoms with E-state index in [1.54, 1.807) is 6.20 Å². The van der Waals surface area contributed by atoms with Crippen molar-refractivity contribution in [1.82, 2.24) is 10.2 Å². The average molecular weight is 319 g/mol. The Labute approximate surface area is 137 Å². The molecule has 126 valence electrons. The summed E-state index contributed by atoms with van der Waals surface area (Å²) < 4.78 is 0. The van der Waals surface area contributed by atoms with Gasteiger partial charge in [-0.2, -0.15) is 5.26 Å². The number of carboxylic acids is 1. The Morgan fingerprint density at radius 1 is 1.39 bits per heavy atom. The second-order valence-corrected chi connectivity index (χ2v) is 7.94. The molecule has 0 aromatic carbocycles. The van der Waals surface area contributed by atoms with Crippen LogP contribution in [-0.2, 0) is 9.59 Å². The van der Waals surface area contributed by atoms with E-state index >= 15 is 0 Å². The van der Waals surface area contributed by atoms with Gasteiger partial charge in [-0.1, -0.05) is 20.8 Å². The van der Waals surface area contributed by atoms with Crippen molar-refractivity contribution in [1.29, 1.82) is 5.26 Å². The molecule has 0 aromatic heterocycles. The standard InChI is InChI=1S/C17H25N3O3/c1-16(2)6-13-7-17(3,10-16)11-20(13)9-12(8-18)15(23)19-5-4-14(21)22/h9,13H,4-7,10-11H2,1-3H3,(H,19,23)(H,21,22)/b12-9-. The number of carboxylic acid groups (broad SMARTS) is 1. The van der Waals surface area contributed by atoms with E-state index in [0.29, 0.717) is 6.04 Å². The van der Waals surface area contributed by atoms with Crippen molar-refractivity contribution in [3.8, 4) is 6.07 Å². The van der Waals surface area contributed by atoms with Crippen molar-refractivity contribution >= 4 is 11.9 Å². The molecule has 1 aliphatic heterocycles. The lowest BCUT2D eigenvalue weighted by Gasteiger charge is -2.39. The molecular formula is C17H25N3O3. The Bertz CT molecular complexity index is 576. The number of nitrogens with one attached hydrogen (secondary N) is 1. The Morgan fingerprint density at radius 3 is 2.70 bits per heavy atom. The molecule has 2 fully saturated rings. The summed E-state index contributed by atoms with van der Waals surface area (Å²) in [6, 6.07) is 2.30. The molecule has 0 radical (unpaired) electrons. The van der Waals surface area contributed by atoms with Crippen LogP contribution in [0, 0.1) is 22.2 Å². The molecule has 6 nitrogen and oxygen atoms in total. The second-order valence-electron chi connectivity index (χ2n) is 7.94. The van der Waals surface area contributed by atoms with E-state index in [2.05, 4.69) is 31.0 Å². The highest BCUT2D eigenvalue weighted by Gasteiger charge is 2.48. The first-order chi connectivity index (χ1) is 10.6. The molecule has 2 atom stereocenters. The van der Waals surface area contributed by atoms with Gasteiger partial charge in [0.05, 0.1) is 6.42 Å². The molecule has 6 heteroatoms. The summed E-state index contributed by atoms with van der Waals surface area (Å²) in [6.07, 6.45) is 4.80. The number of nitriles is 1. The number of rotatable bonds is 5. The molecule has 2 unspecified atom stereocenters.